The van der Waals surface area contributed by atoms with Gasteiger partial charge in [0.15, 0.2) is 5.75 Å². The van der Waals surface area contributed by atoms with Crippen LogP contribution in [0.15, 0.2) is 66.5 Å². The molecule has 12 heteroatoms. The highest BCUT2D eigenvalue weighted by Gasteiger charge is 2.45. The van der Waals surface area contributed by atoms with Crippen molar-refractivity contribution in [1.82, 2.24) is 0 Å². The Hall–Kier alpha value is -3.70. The molecule has 1 aliphatic carbocycles. The van der Waals surface area contributed by atoms with Gasteiger partial charge >= 0.3 is 18.9 Å². The van der Waals surface area contributed by atoms with Crippen LogP contribution in [0.1, 0.15) is 13.3 Å². The van der Waals surface area contributed by atoms with Crippen LogP contribution >= 0.6 is 0 Å². The highest BCUT2D eigenvalue weighted by molar-refractivity contribution is 5.85. The van der Waals surface area contributed by atoms with Crippen molar-refractivity contribution in [1.29, 1.82) is 0 Å². The lowest BCUT2D eigenvalue weighted by atomic mass is 9.89. The molecule has 0 saturated carbocycles. The van der Waals surface area contributed by atoms with Crippen LogP contribution in [0.3, 0.4) is 0 Å². The Kier molecular flexibility index (Phi) is 7.61. The Bertz CT molecular complexity index is 1240. The van der Waals surface area contributed by atoms with Gasteiger partial charge in [0, 0.05) is 11.5 Å². The highest BCUT2D eigenvalue weighted by Crippen LogP contribution is 2.45. The van der Waals surface area contributed by atoms with Crippen molar-refractivity contribution in [2.45, 2.75) is 38.3 Å². The van der Waals surface area contributed by atoms with Crippen LogP contribution in [-0.4, -0.2) is 43.9 Å². The second kappa shape index (κ2) is 10.6. The molecular formula is C26H22F7NO4. The Balaban J connectivity index is 1.67. The summed E-state index contributed by atoms with van der Waals surface area (Å²) in [6.07, 6.45) is -9.26. The molecular weight excluding hydrogens is 523 g/mol. The van der Waals surface area contributed by atoms with Gasteiger partial charge in [0.05, 0.1) is 18.3 Å². The Labute approximate surface area is 213 Å². The van der Waals surface area contributed by atoms with E-state index in [2.05, 4.69) is 9.47 Å². The number of alkyl halides is 7. The molecule has 2 aromatic carbocycles. The number of carbonyl (C=O) groups is 1. The molecule has 1 aliphatic heterocycles. The van der Waals surface area contributed by atoms with Crippen molar-refractivity contribution in [2.75, 3.05) is 18.1 Å². The van der Waals surface area contributed by atoms with Gasteiger partial charge in [-0.1, -0.05) is 30.3 Å². The first-order valence-electron chi connectivity index (χ1n) is 11.5. The van der Waals surface area contributed by atoms with E-state index >= 15 is 0 Å². The van der Waals surface area contributed by atoms with Crippen LogP contribution in [0.25, 0.3) is 11.1 Å². The summed E-state index contributed by atoms with van der Waals surface area (Å²) in [5.41, 5.74) is 1.27. The fraction of sp³-hybridized carbons (Fsp3) is 0.346. The fourth-order valence-corrected chi connectivity index (χ4v) is 4.44. The number of nitrogens with zero attached hydrogens (tertiary/aromatic N) is 1. The van der Waals surface area contributed by atoms with Gasteiger partial charge in [-0.2, -0.15) is 17.6 Å². The normalized spacial score (nSPS) is 19.5. The third-order valence-electron chi connectivity index (χ3n) is 5.94. The number of carbonyl (C=O) groups excluding carboxylic acids is 1. The number of Topliss-reactive ketones (excluding diaryl/α,β-unsaturated/α-hetero) is 1. The zero-order valence-corrected chi connectivity index (χ0v) is 19.9. The average molecular weight is 545 g/mol. The molecule has 2 atom stereocenters. The first-order valence-corrected chi connectivity index (χ1v) is 11.5. The standard InChI is InChI=1S/C26H22F7NO4/c1-15(35)13-34-21-10-4-9-20(16-5-2-8-19(11-16)38-26(31,32)33)23(21)36-14-22(34)17-6-3-7-18(12-17)37-25(29,30)24(27)28/h2-5,7-12,17,22,24H,6,13-14H2,1H3/t17?,22-/m1/s1. The van der Waals surface area contributed by atoms with Crippen LogP contribution in [0, 0.1) is 5.92 Å². The number of fused-ring (bicyclic) bond motifs is 1. The van der Waals surface area contributed by atoms with Gasteiger partial charge in [-0.3, -0.25) is 4.79 Å². The molecule has 38 heavy (non-hydrogen) atoms. The first kappa shape index (κ1) is 27.3. The number of ether oxygens (including phenoxy) is 3. The SMILES string of the molecule is CC(=O)CN1c2cccc(-c3cccc(OC(F)(F)F)c3)c2OC[C@@H]1C1C=C(OC(F)(F)C(F)F)C=CC1. The summed E-state index contributed by atoms with van der Waals surface area (Å²) in [6, 6.07) is 9.70. The van der Waals surface area contributed by atoms with Crippen LogP contribution in [0.2, 0.25) is 0 Å². The van der Waals surface area contributed by atoms with E-state index in [1.807, 2.05) is 0 Å². The van der Waals surface area contributed by atoms with E-state index in [-0.39, 0.29) is 18.9 Å². The Morgan fingerprint density at radius 2 is 1.84 bits per heavy atom. The predicted octanol–water partition coefficient (Wildman–Crippen LogP) is 6.74. The molecule has 0 bridgehead atoms. The van der Waals surface area contributed by atoms with Gasteiger partial charge in [0.25, 0.3) is 0 Å². The van der Waals surface area contributed by atoms with Gasteiger partial charge in [-0.05, 0) is 49.3 Å². The molecule has 0 radical (unpaired) electrons. The summed E-state index contributed by atoms with van der Waals surface area (Å²) in [4.78, 5) is 13.9. The summed E-state index contributed by atoms with van der Waals surface area (Å²) in [6.45, 7) is 1.26. The van der Waals surface area contributed by atoms with Crippen molar-refractivity contribution in [3.05, 3.63) is 66.5 Å². The van der Waals surface area contributed by atoms with Crippen molar-refractivity contribution in [3.8, 4) is 22.6 Å². The predicted molar refractivity (Wildman–Crippen MR) is 123 cm³/mol. The van der Waals surface area contributed by atoms with E-state index in [4.69, 9.17) is 4.74 Å². The Morgan fingerprint density at radius 3 is 2.53 bits per heavy atom. The lowest BCUT2D eigenvalue weighted by Gasteiger charge is -2.42. The van der Waals surface area contributed by atoms with Crippen molar-refractivity contribution in [2.24, 2.45) is 5.92 Å². The molecule has 5 nitrogen and oxygen atoms in total. The monoisotopic (exact) mass is 545 g/mol. The number of rotatable bonds is 8. The van der Waals surface area contributed by atoms with E-state index in [0.717, 1.165) is 6.07 Å². The second-order valence-corrected chi connectivity index (χ2v) is 8.77. The summed E-state index contributed by atoms with van der Waals surface area (Å²) >= 11 is 0. The number of halogens is 7. The lowest BCUT2D eigenvalue weighted by molar-refractivity contribution is -0.280. The molecule has 4 rings (SSSR count). The summed E-state index contributed by atoms with van der Waals surface area (Å²) in [5.74, 6) is -1.30. The zero-order chi connectivity index (χ0) is 27.7. The molecule has 2 aromatic rings. The van der Waals surface area contributed by atoms with Crippen molar-refractivity contribution in [3.63, 3.8) is 0 Å². The van der Waals surface area contributed by atoms with Crippen LogP contribution in [0.4, 0.5) is 36.4 Å². The van der Waals surface area contributed by atoms with Gasteiger partial charge in [-0.15, -0.1) is 13.2 Å². The minimum atomic E-state index is -4.87. The number of para-hydroxylation sites is 1. The lowest BCUT2D eigenvalue weighted by Crippen LogP contribution is -2.49. The Morgan fingerprint density at radius 1 is 1.11 bits per heavy atom. The van der Waals surface area contributed by atoms with Crippen LogP contribution < -0.4 is 14.4 Å². The number of benzene rings is 2. The molecule has 0 N–H and O–H groups in total. The molecule has 0 spiro atoms. The molecule has 0 amide bonds. The molecule has 0 saturated heterocycles. The molecule has 1 unspecified atom stereocenters. The fourth-order valence-electron chi connectivity index (χ4n) is 4.44. The third-order valence-corrected chi connectivity index (χ3v) is 5.94. The third kappa shape index (κ3) is 6.22. The smallest absolute Gasteiger partial charge is 0.489 e. The van der Waals surface area contributed by atoms with E-state index in [0.29, 0.717) is 29.0 Å². The second-order valence-electron chi connectivity index (χ2n) is 8.77. The number of ketones is 1. The van der Waals surface area contributed by atoms with Gasteiger partial charge in [-0.25, -0.2) is 0 Å². The van der Waals surface area contributed by atoms with E-state index in [1.165, 1.54) is 37.3 Å². The molecule has 0 fully saturated rings. The first-order chi connectivity index (χ1) is 17.8. The quantitative estimate of drug-likeness (QED) is 0.344. The maximum Gasteiger partial charge on any atom is 0.573 e. The topological polar surface area (TPSA) is 48.0 Å². The van der Waals surface area contributed by atoms with E-state index < -0.39 is 42.4 Å². The van der Waals surface area contributed by atoms with E-state index in [1.54, 1.807) is 29.2 Å². The maximum absolute atomic E-state index is 13.5. The molecule has 204 valence electrons. The number of hydrogen-bond donors (Lipinski definition) is 0. The minimum absolute atomic E-state index is 0.0242. The summed E-state index contributed by atoms with van der Waals surface area (Å²) in [7, 11) is 0. The number of anilines is 1. The van der Waals surface area contributed by atoms with Gasteiger partial charge in [0.2, 0.25) is 0 Å². The summed E-state index contributed by atoms with van der Waals surface area (Å²) in [5, 5.41) is 0. The minimum Gasteiger partial charge on any atom is -0.489 e. The van der Waals surface area contributed by atoms with E-state index in [9.17, 15) is 35.5 Å². The number of allylic oxidation sites excluding steroid dienone is 2. The molecule has 1 heterocycles. The molecule has 2 aliphatic rings. The highest BCUT2D eigenvalue weighted by atomic mass is 19.4. The number of hydrogen-bond acceptors (Lipinski definition) is 5. The van der Waals surface area contributed by atoms with Crippen molar-refractivity contribution >= 4 is 11.5 Å². The molecule has 0 aromatic heterocycles. The average Bonchev–Trinajstić information content (AvgIpc) is 2.82. The summed E-state index contributed by atoms with van der Waals surface area (Å²) < 4.78 is 105. The maximum atomic E-state index is 13.5. The van der Waals surface area contributed by atoms with Crippen LogP contribution in [-0.2, 0) is 9.53 Å². The largest absolute Gasteiger partial charge is 0.573 e. The zero-order valence-electron chi connectivity index (χ0n) is 19.9. The van der Waals surface area contributed by atoms with Gasteiger partial charge in [0.1, 0.15) is 23.9 Å². The van der Waals surface area contributed by atoms with Crippen LogP contribution in [0.5, 0.6) is 11.5 Å². The van der Waals surface area contributed by atoms with Crippen molar-refractivity contribution < 1.29 is 49.7 Å². The van der Waals surface area contributed by atoms with Gasteiger partial charge < -0.3 is 19.1 Å².